The van der Waals surface area contributed by atoms with Crippen LogP contribution in [0.4, 0.5) is 0 Å². The molecule has 0 spiro atoms. The SMILES string of the molecule is NC1=CCC(c2ccccc2)(c2ccccc2)CC1. The Balaban J connectivity index is 2.12. The summed E-state index contributed by atoms with van der Waals surface area (Å²) in [5.74, 6) is 0. The lowest BCUT2D eigenvalue weighted by Crippen LogP contribution is -2.30. The first-order valence-electron chi connectivity index (χ1n) is 6.87. The highest BCUT2D eigenvalue weighted by Gasteiger charge is 2.34. The van der Waals surface area contributed by atoms with E-state index in [1.54, 1.807) is 0 Å². The molecule has 19 heavy (non-hydrogen) atoms. The summed E-state index contributed by atoms with van der Waals surface area (Å²) in [6.45, 7) is 0. The van der Waals surface area contributed by atoms with Gasteiger partial charge in [0, 0.05) is 11.1 Å². The fraction of sp³-hybridized carbons (Fsp3) is 0.222. The molecule has 0 bridgehead atoms. The van der Waals surface area contributed by atoms with Gasteiger partial charge in [-0.3, -0.25) is 0 Å². The summed E-state index contributed by atoms with van der Waals surface area (Å²) in [6, 6.07) is 21.6. The molecule has 0 saturated heterocycles. The summed E-state index contributed by atoms with van der Waals surface area (Å²) in [7, 11) is 0. The summed E-state index contributed by atoms with van der Waals surface area (Å²) < 4.78 is 0. The third-order valence-electron chi connectivity index (χ3n) is 4.21. The van der Waals surface area contributed by atoms with Crippen LogP contribution in [0, 0.1) is 0 Å². The highest BCUT2D eigenvalue weighted by atomic mass is 14.6. The molecule has 1 heteroatoms. The first-order valence-corrected chi connectivity index (χ1v) is 6.87. The maximum atomic E-state index is 5.97. The minimum absolute atomic E-state index is 0.0887. The molecule has 0 saturated carbocycles. The molecule has 1 aliphatic rings. The quantitative estimate of drug-likeness (QED) is 0.855. The zero-order chi connectivity index (χ0) is 13.1. The van der Waals surface area contributed by atoms with Crippen molar-refractivity contribution >= 4 is 0 Å². The molecule has 0 amide bonds. The zero-order valence-corrected chi connectivity index (χ0v) is 11.0. The number of benzene rings is 2. The van der Waals surface area contributed by atoms with E-state index in [1.165, 1.54) is 11.1 Å². The Bertz CT molecular complexity index is 530. The van der Waals surface area contributed by atoms with Gasteiger partial charge in [0.05, 0.1) is 0 Å². The Morgan fingerprint density at radius 3 is 1.74 bits per heavy atom. The standard InChI is InChI=1S/C18H19N/c19-17-11-13-18(14-12-17,15-7-3-1-4-8-15)16-9-5-2-6-10-16/h1-11H,12-14,19H2. The topological polar surface area (TPSA) is 26.0 Å². The molecule has 0 aliphatic heterocycles. The Morgan fingerprint density at radius 2 is 1.32 bits per heavy atom. The molecule has 3 rings (SSSR count). The van der Waals surface area contributed by atoms with Crippen molar-refractivity contribution in [2.75, 3.05) is 0 Å². The Morgan fingerprint density at radius 1 is 0.789 bits per heavy atom. The predicted molar refractivity (Wildman–Crippen MR) is 79.8 cm³/mol. The lowest BCUT2D eigenvalue weighted by atomic mass is 9.67. The maximum Gasteiger partial charge on any atom is 0.0241 e. The Labute approximate surface area is 114 Å². The third kappa shape index (κ3) is 2.17. The van der Waals surface area contributed by atoms with Gasteiger partial charge in [-0.25, -0.2) is 0 Å². The number of hydrogen-bond donors (Lipinski definition) is 1. The average Bonchev–Trinajstić information content (AvgIpc) is 2.50. The van der Waals surface area contributed by atoms with E-state index in [9.17, 15) is 0 Å². The fourth-order valence-electron chi connectivity index (χ4n) is 3.07. The van der Waals surface area contributed by atoms with Crippen molar-refractivity contribution in [3.8, 4) is 0 Å². The van der Waals surface area contributed by atoms with E-state index >= 15 is 0 Å². The van der Waals surface area contributed by atoms with Gasteiger partial charge in [0.2, 0.25) is 0 Å². The van der Waals surface area contributed by atoms with Crippen LogP contribution in [0.1, 0.15) is 30.4 Å². The second-order valence-corrected chi connectivity index (χ2v) is 5.30. The van der Waals surface area contributed by atoms with Crippen LogP contribution < -0.4 is 5.73 Å². The monoisotopic (exact) mass is 249 g/mol. The lowest BCUT2D eigenvalue weighted by Gasteiger charge is -2.37. The van der Waals surface area contributed by atoms with Crippen molar-refractivity contribution < 1.29 is 0 Å². The fourth-order valence-corrected chi connectivity index (χ4v) is 3.07. The molecule has 0 radical (unpaired) electrons. The van der Waals surface area contributed by atoms with E-state index in [1.807, 2.05) is 0 Å². The molecule has 0 atom stereocenters. The summed E-state index contributed by atoms with van der Waals surface area (Å²) >= 11 is 0. The Kier molecular flexibility index (Phi) is 3.12. The van der Waals surface area contributed by atoms with Crippen LogP contribution in [-0.4, -0.2) is 0 Å². The summed E-state index contributed by atoms with van der Waals surface area (Å²) in [5, 5.41) is 0. The van der Waals surface area contributed by atoms with Crippen molar-refractivity contribution in [2.24, 2.45) is 5.73 Å². The highest BCUT2D eigenvalue weighted by molar-refractivity contribution is 5.41. The van der Waals surface area contributed by atoms with Gasteiger partial charge >= 0.3 is 0 Å². The normalized spacial score (nSPS) is 17.8. The predicted octanol–water partition coefficient (Wildman–Crippen LogP) is 4.00. The van der Waals surface area contributed by atoms with Gasteiger partial charge < -0.3 is 5.73 Å². The smallest absolute Gasteiger partial charge is 0.0241 e. The van der Waals surface area contributed by atoms with Gasteiger partial charge in [-0.1, -0.05) is 66.7 Å². The molecule has 1 aliphatic carbocycles. The molecule has 0 aromatic heterocycles. The zero-order valence-electron chi connectivity index (χ0n) is 11.0. The number of hydrogen-bond acceptors (Lipinski definition) is 1. The van der Waals surface area contributed by atoms with Crippen molar-refractivity contribution in [1.29, 1.82) is 0 Å². The highest BCUT2D eigenvalue weighted by Crippen LogP contribution is 2.43. The molecule has 0 unspecified atom stereocenters. The molecule has 2 aromatic carbocycles. The minimum atomic E-state index is 0.0887. The average molecular weight is 249 g/mol. The van der Waals surface area contributed by atoms with Crippen LogP contribution in [0.15, 0.2) is 72.4 Å². The maximum absolute atomic E-state index is 5.97. The third-order valence-corrected chi connectivity index (χ3v) is 4.21. The summed E-state index contributed by atoms with van der Waals surface area (Å²) in [4.78, 5) is 0. The van der Waals surface area contributed by atoms with Crippen LogP contribution in [0.3, 0.4) is 0 Å². The van der Waals surface area contributed by atoms with E-state index in [2.05, 4.69) is 66.7 Å². The molecule has 2 N–H and O–H groups in total. The van der Waals surface area contributed by atoms with E-state index < -0.39 is 0 Å². The Hall–Kier alpha value is -2.02. The van der Waals surface area contributed by atoms with Crippen molar-refractivity contribution in [3.63, 3.8) is 0 Å². The van der Waals surface area contributed by atoms with E-state index in [-0.39, 0.29) is 5.41 Å². The van der Waals surface area contributed by atoms with E-state index in [0.29, 0.717) is 0 Å². The van der Waals surface area contributed by atoms with Crippen LogP contribution in [0.25, 0.3) is 0 Å². The van der Waals surface area contributed by atoms with Crippen LogP contribution in [-0.2, 0) is 5.41 Å². The van der Waals surface area contributed by atoms with Gasteiger partial charge in [0.1, 0.15) is 0 Å². The molecule has 0 heterocycles. The van der Waals surface area contributed by atoms with Gasteiger partial charge in [0.15, 0.2) is 0 Å². The van der Waals surface area contributed by atoms with E-state index in [0.717, 1.165) is 25.0 Å². The largest absolute Gasteiger partial charge is 0.402 e. The molecule has 2 aromatic rings. The molecular weight excluding hydrogens is 230 g/mol. The van der Waals surface area contributed by atoms with Crippen molar-refractivity contribution in [1.82, 2.24) is 0 Å². The van der Waals surface area contributed by atoms with Crippen LogP contribution >= 0.6 is 0 Å². The van der Waals surface area contributed by atoms with Crippen LogP contribution in [0.5, 0.6) is 0 Å². The number of rotatable bonds is 2. The second-order valence-electron chi connectivity index (χ2n) is 5.30. The molecule has 1 nitrogen and oxygen atoms in total. The minimum Gasteiger partial charge on any atom is -0.402 e. The number of allylic oxidation sites excluding steroid dienone is 2. The van der Waals surface area contributed by atoms with Gasteiger partial charge in [-0.15, -0.1) is 0 Å². The molecule has 0 fully saturated rings. The first kappa shape index (κ1) is 12.0. The molecule has 96 valence electrons. The summed E-state index contributed by atoms with van der Waals surface area (Å²) in [6.07, 6.45) is 5.25. The van der Waals surface area contributed by atoms with Crippen LogP contribution in [0.2, 0.25) is 0 Å². The first-order chi connectivity index (χ1) is 9.31. The van der Waals surface area contributed by atoms with Crippen molar-refractivity contribution in [2.45, 2.75) is 24.7 Å². The number of nitrogens with two attached hydrogens (primary N) is 1. The summed E-state index contributed by atoms with van der Waals surface area (Å²) in [5.41, 5.74) is 9.88. The van der Waals surface area contributed by atoms with E-state index in [4.69, 9.17) is 5.73 Å². The van der Waals surface area contributed by atoms with Gasteiger partial charge in [0.25, 0.3) is 0 Å². The van der Waals surface area contributed by atoms with Crippen molar-refractivity contribution in [3.05, 3.63) is 83.6 Å². The van der Waals surface area contributed by atoms with Gasteiger partial charge in [-0.2, -0.15) is 0 Å². The van der Waals surface area contributed by atoms with Gasteiger partial charge in [-0.05, 0) is 30.4 Å². The second kappa shape index (κ2) is 4.93. The molecular formula is C18H19N. The lowest BCUT2D eigenvalue weighted by molar-refractivity contribution is 0.454.